The van der Waals surface area contributed by atoms with Crippen LogP contribution in [-0.4, -0.2) is 49.7 Å². The number of hydrogen-bond acceptors (Lipinski definition) is 4. The summed E-state index contributed by atoms with van der Waals surface area (Å²) in [5.41, 5.74) is 3.30. The number of amides is 3. The van der Waals surface area contributed by atoms with E-state index in [-0.39, 0.29) is 5.91 Å². The molecule has 4 rings (SSSR count). The Morgan fingerprint density at radius 2 is 1.71 bits per heavy atom. The lowest BCUT2D eigenvalue weighted by Crippen LogP contribution is -2.46. The van der Waals surface area contributed by atoms with Gasteiger partial charge in [-0.2, -0.15) is 4.63 Å². The zero-order valence-electron chi connectivity index (χ0n) is 22.3. The van der Waals surface area contributed by atoms with Crippen LogP contribution >= 0.6 is 11.6 Å². The van der Waals surface area contributed by atoms with Crippen LogP contribution in [0.5, 0.6) is 0 Å². The van der Waals surface area contributed by atoms with Gasteiger partial charge in [0, 0.05) is 24.3 Å². The third kappa shape index (κ3) is 6.34. The lowest BCUT2D eigenvalue weighted by molar-refractivity contribution is -0.134. The lowest BCUT2D eigenvalue weighted by atomic mass is 10.0. The molecule has 4 aromatic rings. The number of carbonyl (C=O) groups is 2. The molecule has 0 aliphatic carbocycles. The summed E-state index contributed by atoms with van der Waals surface area (Å²) in [5.74, 6) is 0.936. The molecule has 3 N–H and O–H groups in total. The van der Waals surface area contributed by atoms with E-state index < -0.39 is 12.1 Å². The third-order valence-electron chi connectivity index (χ3n) is 5.92. The fourth-order valence-electron chi connectivity index (χ4n) is 4.32. The number of benzene rings is 2. The summed E-state index contributed by atoms with van der Waals surface area (Å²) in [4.78, 5) is 33.2. The van der Waals surface area contributed by atoms with Crippen LogP contribution in [-0.2, 0) is 4.79 Å². The zero-order valence-corrected chi connectivity index (χ0v) is 23.1. The third-order valence-corrected chi connectivity index (χ3v) is 6.38. The molecule has 2 aromatic heterocycles. The van der Waals surface area contributed by atoms with Crippen molar-refractivity contribution in [3.8, 4) is 11.4 Å². The predicted octanol–water partition coefficient (Wildman–Crippen LogP) is 5.69. The number of rotatable bonds is 9. The van der Waals surface area contributed by atoms with Gasteiger partial charge in [0.2, 0.25) is 5.91 Å². The van der Waals surface area contributed by atoms with Crippen molar-refractivity contribution in [2.45, 2.75) is 40.7 Å². The molecular weight excluding hydrogens is 502 g/mol. The van der Waals surface area contributed by atoms with E-state index in [9.17, 15) is 9.59 Å². The van der Waals surface area contributed by atoms with Crippen LogP contribution in [0.3, 0.4) is 0 Å². The first kappa shape index (κ1) is 27.2. The number of aryl methyl sites for hydroxylation is 1. The number of fused-ring (bicyclic) bond motifs is 1. The maximum absolute atomic E-state index is 13.7. The van der Waals surface area contributed by atoms with E-state index in [1.54, 1.807) is 18.2 Å². The topological polar surface area (TPSA) is 107 Å². The van der Waals surface area contributed by atoms with Gasteiger partial charge in [-0.1, -0.05) is 81.8 Å². The van der Waals surface area contributed by atoms with E-state index in [1.807, 2.05) is 48.2 Å². The maximum Gasteiger partial charge on any atom is 0.320 e. The van der Waals surface area contributed by atoms with Crippen molar-refractivity contribution in [2.24, 2.45) is 11.8 Å². The summed E-state index contributed by atoms with van der Waals surface area (Å²) in [5, 5.41) is 13.8. The van der Waals surface area contributed by atoms with Crippen LogP contribution in [0.15, 0.2) is 54.6 Å². The molecule has 9 nitrogen and oxygen atoms in total. The number of nitrogens with one attached hydrogen (secondary N) is 3. The smallest absolute Gasteiger partial charge is 0.320 e. The number of urea groups is 1. The number of nitrogens with zero attached hydrogens (tertiary/aromatic N) is 4. The fraction of sp³-hybridized carbons (Fsp3) is 0.357. The molecule has 2 aromatic carbocycles. The molecule has 0 saturated heterocycles. The normalized spacial score (nSPS) is 12.2. The van der Waals surface area contributed by atoms with Crippen LogP contribution in [0.1, 0.15) is 45.0 Å². The molecular formula is C28H34ClN7O2. The molecule has 200 valence electrons. The highest BCUT2D eigenvalue weighted by Crippen LogP contribution is 2.25. The molecule has 1 atom stereocenters. The fourth-order valence-corrected chi connectivity index (χ4v) is 4.48. The van der Waals surface area contributed by atoms with Gasteiger partial charge in [0.05, 0.1) is 5.69 Å². The Morgan fingerprint density at radius 3 is 2.34 bits per heavy atom. The first-order chi connectivity index (χ1) is 18.1. The molecule has 1 unspecified atom stereocenters. The van der Waals surface area contributed by atoms with Gasteiger partial charge < -0.3 is 15.5 Å². The molecule has 0 aliphatic heterocycles. The second-order valence-corrected chi connectivity index (χ2v) is 10.7. The lowest BCUT2D eigenvalue weighted by Gasteiger charge is -2.31. The van der Waals surface area contributed by atoms with E-state index in [4.69, 9.17) is 11.6 Å². The van der Waals surface area contributed by atoms with E-state index in [0.717, 1.165) is 11.3 Å². The first-order valence-electron chi connectivity index (χ1n) is 12.7. The van der Waals surface area contributed by atoms with Gasteiger partial charge in [0.1, 0.15) is 11.1 Å². The molecule has 0 fully saturated rings. The quantitative estimate of drug-likeness (QED) is 0.256. The highest BCUT2D eigenvalue weighted by Gasteiger charge is 2.28. The number of H-pyrrole nitrogens is 1. The molecule has 3 amide bonds. The predicted molar refractivity (Wildman–Crippen MR) is 150 cm³/mol. The summed E-state index contributed by atoms with van der Waals surface area (Å²) < 4.78 is 1.52. The van der Waals surface area contributed by atoms with Crippen molar-refractivity contribution in [1.82, 2.24) is 30.0 Å². The van der Waals surface area contributed by atoms with Gasteiger partial charge in [0.15, 0.2) is 11.5 Å². The van der Waals surface area contributed by atoms with Gasteiger partial charge in [-0.3, -0.25) is 9.89 Å². The van der Waals surface area contributed by atoms with Crippen LogP contribution in [0, 0.1) is 18.8 Å². The minimum atomic E-state index is -0.821. The number of hydrogen-bond donors (Lipinski definition) is 3. The van der Waals surface area contributed by atoms with E-state index >= 15 is 0 Å². The Labute approximate surface area is 227 Å². The van der Waals surface area contributed by atoms with Gasteiger partial charge in [-0.25, -0.2) is 9.78 Å². The Bertz CT molecular complexity index is 1400. The monoisotopic (exact) mass is 535 g/mol. The number of halogens is 1. The zero-order chi connectivity index (χ0) is 27.4. The van der Waals surface area contributed by atoms with Gasteiger partial charge in [-0.15, -0.1) is 5.10 Å². The summed E-state index contributed by atoms with van der Waals surface area (Å²) in [6.07, 6.45) is 0. The number of aromatic amines is 1. The van der Waals surface area contributed by atoms with Crippen molar-refractivity contribution in [3.63, 3.8) is 0 Å². The minimum absolute atomic E-state index is 0.132. The summed E-state index contributed by atoms with van der Waals surface area (Å²) in [7, 11) is 0. The Balaban J connectivity index is 1.54. The highest BCUT2D eigenvalue weighted by atomic mass is 35.5. The van der Waals surface area contributed by atoms with Gasteiger partial charge in [-0.05, 0) is 36.5 Å². The van der Waals surface area contributed by atoms with E-state index in [1.165, 1.54) is 4.63 Å². The molecule has 0 radical (unpaired) electrons. The van der Waals surface area contributed by atoms with Crippen molar-refractivity contribution in [2.75, 3.05) is 18.4 Å². The van der Waals surface area contributed by atoms with Crippen molar-refractivity contribution in [3.05, 3.63) is 70.9 Å². The Kier molecular flexibility index (Phi) is 8.36. The molecule has 0 spiro atoms. The van der Waals surface area contributed by atoms with Crippen LogP contribution < -0.4 is 10.6 Å². The van der Waals surface area contributed by atoms with Crippen molar-refractivity contribution < 1.29 is 9.59 Å². The largest absolute Gasteiger partial charge is 0.340 e. The number of aromatic nitrogens is 4. The Morgan fingerprint density at radius 1 is 1.03 bits per heavy atom. The van der Waals surface area contributed by atoms with E-state index in [2.05, 4.69) is 53.5 Å². The summed E-state index contributed by atoms with van der Waals surface area (Å²) >= 11 is 6.29. The molecule has 2 heterocycles. The van der Waals surface area contributed by atoms with Crippen LogP contribution in [0.25, 0.3) is 17.0 Å². The minimum Gasteiger partial charge on any atom is -0.340 e. The van der Waals surface area contributed by atoms with Gasteiger partial charge >= 0.3 is 6.03 Å². The average Bonchev–Trinajstić information content (AvgIpc) is 3.40. The number of anilines is 1. The van der Waals surface area contributed by atoms with Gasteiger partial charge in [0.25, 0.3) is 0 Å². The van der Waals surface area contributed by atoms with Crippen LogP contribution in [0.4, 0.5) is 10.5 Å². The molecule has 0 aliphatic rings. The SMILES string of the molecule is Cc1[nH]n2nc(-c3cccc(NC(=O)NC(C(=O)N(CC(C)C)CC(C)C)c4ccccc4)c3)nc2c1Cl. The molecule has 0 bridgehead atoms. The van der Waals surface area contributed by atoms with Crippen LogP contribution in [0.2, 0.25) is 5.02 Å². The standard InChI is InChI=1S/C28H34ClN7O2/c1-17(2)15-35(16-18(3)4)27(37)24(20-10-7-6-8-11-20)31-28(38)30-22-13-9-12-21(14-22)25-32-26-23(29)19(5)33-36(26)34-25/h6-14,17-18,24,33H,15-16H2,1-5H3,(H2,30,31,38). The Hall–Kier alpha value is -3.85. The van der Waals surface area contributed by atoms with Crippen molar-refractivity contribution >= 4 is 34.9 Å². The summed E-state index contributed by atoms with van der Waals surface area (Å²) in [6.45, 7) is 11.4. The van der Waals surface area contributed by atoms with E-state index in [0.29, 0.717) is 52.7 Å². The maximum atomic E-state index is 13.7. The van der Waals surface area contributed by atoms with Crippen molar-refractivity contribution in [1.29, 1.82) is 0 Å². The number of carbonyl (C=O) groups excluding carboxylic acids is 2. The molecule has 38 heavy (non-hydrogen) atoms. The first-order valence-corrected chi connectivity index (χ1v) is 13.1. The average molecular weight is 536 g/mol. The second kappa shape index (κ2) is 11.7. The molecule has 0 saturated carbocycles. The second-order valence-electron chi connectivity index (χ2n) is 10.3. The molecule has 10 heteroatoms. The summed E-state index contributed by atoms with van der Waals surface area (Å²) in [6, 6.07) is 15.2. The highest BCUT2D eigenvalue weighted by molar-refractivity contribution is 6.34.